The number of hydrogen-bond acceptors (Lipinski definition) is 5. The van der Waals surface area contributed by atoms with Crippen LogP contribution >= 0.6 is 15.9 Å². The molecule has 0 bridgehead atoms. The molecule has 1 aromatic heterocycles. The second-order valence-corrected chi connectivity index (χ2v) is 7.96. The quantitative estimate of drug-likeness (QED) is 0.839. The van der Waals surface area contributed by atoms with Gasteiger partial charge in [-0.05, 0) is 53.0 Å². The number of nitrogens with zero attached hydrogens (tertiary/aromatic N) is 2. The van der Waals surface area contributed by atoms with E-state index in [4.69, 9.17) is 0 Å². The van der Waals surface area contributed by atoms with Crippen LogP contribution in [0.1, 0.15) is 24.6 Å². The molecule has 7 heteroatoms. The van der Waals surface area contributed by atoms with E-state index >= 15 is 0 Å². The Kier molecular flexibility index (Phi) is 3.71. The highest BCUT2D eigenvalue weighted by Crippen LogP contribution is 2.39. The zero-order valence-electron chi connectivity index (χ0n) is 11.4. The van der Waals surface area contributed by atoms with Gasteiger partial charge in [0, 0.05) is 23.9 Å². The lowest BCUT2D eigenvalue weighted by molar-refractivity contribution is 0.602. The molecule has 1 fully saturated rings. The van der Waals surface area contributed by atoms with Crippen LogP contribution in [0.3, 0.4) is 0 Å². The molecule has 1 aromatic carbocycles. The van der Waals surface area contributed by atoms with Gasteiger partial charge in [-0.2, -0.15) is 0 Å². The third-order valence-electron chi connectivity index (χ3n) is 3.21. The molecule has 1 aliphatic carbocycles. The fraction of sp³-hybridized carbons (Fsp3) is 0.286. The summed E-state index contributed by atoms with van der Waals surface area (Å²) in [6.45, 7) is 0. The molecular formula is C14H14BrN3O2S. The Bertz CT molecular complexity index is 771. The number of rotatable bonds is 4. The summed E-state index contributed by atoms with van der Waals surface area (Å²) in [7, 11) is -3.17. The first-order chi connectivity index (χ1) is 9.91. The van der Waals surface area contributed by atoms with Gasteiger partial charge < -0.3 is 5.32 Å². The van der Waals surface area contributed by atoms with E-state index in [2.05, 4.69) is 31.2 Å². The van der Waals surface area contributed by atoms with Crippen LogP contribution in [0.4, 0.5) is 11.5 Å². The summed E-state index contributed by atoms with van der Waals surface area (Å²) in [5.74, 6) is 2.01. The maximum Gasteiger partial charge on any atom is 0.175 e. The smallest absolute Gasteiger partial charge is 0.175 e. The molecule has 1 heterocycles. The molecule has 0 atom stereocenters. The van der Waals surface area contributed by atoms with Gasteiger partial charge >= 0.3 is 0 Å². The number of benzene rings is 1. The predicted molar refractivity (Wildman–Crippen MR) is 84.5 cm³/mol. The largest absolute Gasteiger partial charge is 0.340 e. The van der Waals surface area contributed by atoms with Crippen LogP contribution in [0.2, 0.25) is 0 Å². The second kappa shape index (κ2) is 5.38. The van der Waals surface area contributed by atoms with Crippen molar-refractivity contribution in [3.8, 4) is 0 Å². The Morgan fingerprint density at radius 1 is 1.19 bits per heavy atom. The topological polar surface area (TPSA) is 72.0 Å². The predicted octanol–water partition coefficient (Wildman–Crippen LogP) is 3.26. The fourth-order valence-corrected chi connectivity index (χ4v) is 2.99. The third kappa shape index (κ3) is 3.59. The summed E-state index contributed by atoms with van der Waals surface area (Å²) in [5.41, 5.74) is 0.787. The molecule has 0 unspecified atom stereocenters. The Morgan fingerprint density at radius 3 is 2.43 bits per heavy atom. The number of hydrogen-bond donors (Lipinski definition) is 1. The van der Waals surface area contributed by atoms with Crippen molar-refractivity contribution in [1.82, 2.24) is 9.97 Å². The zero-order valence-corrected chi connectivity index (χ0v) is 13.8. The van der Waals surface area contributed by atoms with Crippen LogP contribution in [0.15, 0.2) is 39.8 Å². The van der Waals surface area contributed by atoms with E-state index in [9.17, 15) is 8.42 Å². The summed E-state index contributed by atoms with van der Waals surface area (Å²) in [6, 6.07) is 8.41. The van der Waals surface area contributed by atoms with Crippen molar-refractivity contribution in [2.45, 2.75) is 23.7 Å². The molecule has 3 rings (SSSR count). The summed E-state index contributed by atoms with van der Waals surface area (Å²) in [5, 5.41) is 3.17. The van der Waals surface area contributed by atoms with E-state index in [1.165, 1.54) is 6.26 Å². The average molecular weight is 368 g/mol. The van der Waals surface area contributed by atoms with Crippen molar-refractivity contribution in [2.24, 2.45) is 0 Å². The van der Waals surface area contributed by atoms with Gasteiger partial charge in [0.25, 0.3) is 0 Å². The van der Waals surface area contributed by atoms with E-state index < -0.39 is 9.84 Å². The first-order valence-electron chi connectivity index (χ1n) is 6.53. The summed E-state index contributed by atoms with van der Waals surface area (Å²) in [4.78, 5) is 9.16. The molecule has 5 nitrogen and oxygen atoms in total. The highest BCUT2D eigenvalue weighted by molar-refractivity contribution is 9.10. The molecule has 1 saturated carbocycles. The molecule has 0 radical (unpaired) electrons. The third-order valence-corrected chi connectivity index (χ3v) is 4.74. The van der Waals surface area contributed by atoms with Gasteiger partial charge in [-0.25, -0.2) is 18.4 Å². The number of halogens is 1. The van der Waals surface area contributed by atoms with Gasteiger partial charge in [-0.3, -0.25) is 0 Å². The molecule has 0 aliphatic heterocycles. The monoisotopic (exact) mass is 367 g/mol. The molecule has 1 aliphatic rings. The maximum absolute atomic E-state index is 11.4. The molecule has 0 amide bonds. The summed E-state index contributed by atoms with van der Waals surface area (Å²) in [6.07, 6.45) is 3.47. The minimum absolute atomic E-state index is 0.301. The average Bonchev–Trinajstić information content (AvgIpc) is 3.21. The Morgan fingerprint density at radius 2 is 1.86 bits per heavy atom. The van der Waals surface area contributed by atoms with Crippen LogP contribution in [0, 0.1) is 0 Å². The first kappa shape index (κ1) is 14.5. The summed E-state index contributed by atoms with van der Waals surface area (Å²) < 4.78 is 23.6. The van der Waals surface area contributed by atoms with Gasteiger partial charge in [0.15, 0.2) is 9.84 Å². The van der Waals surface area contributed by atoms with Crippen molar-refractivity contribution in [3.05, 3.63) is 40.8 Å². The number of sulfone groups is 1. The van der Waals surface area contributed by atoms with Crippen LogP contribution in [-0.4, -0.2) is 24.6 Å². The van der Waals surface area contributed by atoms with Gasteiger partial charge in [0.2, 0.25) is 0 Å². The van der Waals surface area contributed by atoms with E-state index in [0.717, 1.165) is 29.0 Å². The molecule has 21 heavy (non-hydrogen) atoms. The standard InChI is InChI=1S/C14H14BrN3O2S/c1-21(19,20)11-6-4-10(5-7-11)16-13-8-12(15)17-14(18-13)9-2-3-9/h4-9H,2-3H2,1H3,(H,16,17,18). The molecule has 110 valence electrons. The molecule has 1 N–H and O–H groups in total. The van der Waals surface area contributed by atoms with Crippen molar-refractivity contribution in [1.29, 1.82) is 0 Å². The molecule has 0 saturated heterocycles. The lowest BCUT2D eigenvalue weighted by Crippen LogP contribution is -2.00. The zero-order chi connectivity index (χ0) is 15.0. The van der Waals surface area contributed by atoms with Crippen LogP contribution in [0.25, 0.3) is 0 Å². The van der Waals surface area contributed by atoms with Crippen LogP contribution in [0.5, 0.6) is 0 Å². The van der Waals surface area contributed by atoms with Crippen molar-refractivity contribution in [2.75, 3.05) is 11.6 Å². The van der Waals surface area contributed by atoms with Gasteiger partial charge in [-0.1, -0.05) is 0 Å². The highest BCUT2D eigenvalue weighted by atomic mass is 79.9. The van der Waals surface area contributed by atoms with Crippen LogP contribution in [-0.2, 0) is 9.84 Å². The lowest BCUT2D eigenvalue weighted by Gasteiger charge is -2.08. The molecular weight excluding hydrogens is 354 g/mol. The number of nitrogens with one attached hydrogen (secondary N) is 1. The van der Waals surface area contributed by atoms with Gasteiger partial charge in [0.05, 0.1) is 4.90 Å². The Labute approximate surface area is 131 Å². The van der Waals surface area contributed by atoms with Crippen molar-refractivity contribution in [3.63, 3.8) is 0 Å². The van der Waals surface area contributed by atoms with E-state index in [0.29, 0.717) is 16.6 Å². The highest BCUT2D eigenvalue weighted by Gasteiger charge is 2.27. The Balaban J connectivity index is 1.83. The van der Waals surface area contributed by atoms with Crippen molar-refractivity contribution < 1.29 is 8.42 Å². The first-order valence-corrected chi connectivity index (χ1v) is 9.22. The van der Waals surface area contributed by atoms with E-state index in [-0.39, 0.29) is 0 Å². The second-order valence-electron chi connectivity index (χ2n) is 5.13. The fourth-order valence-electron chi connectivity index (χ4n) is 1.96. The lowest BCUT2D eigenvalue weighted by atomic mass is 10.3. The van der Waals surface area contributed by atoms with Crippen LogP contribution < -0.4 is 5.32 Å². The number of aromatic nitrogens is 2. The molecule has 2 aromatic rings. The van der Waals surface area contributed by atoms with Crippen molar-refractivity contribution >= 4 is 37.3 Å². The van der Waals surface area contributed by atoms with Gasteiger partial charge in [-0.15, -0.1) is 0 Å². The molecule has 0 spiro atoms. The minimum atomic E-state index is -3.17. The van der Waals surface area contributed by atoms with Gasteiger partial charge in [0.1, 0.15) is 16.2 Å². The Hall–Kier alpha value is -1.47. The number of anilines is 2. The normalized spacial score (nSPS) is 15.0. The maximum atomic E-state index is 11.4. The SMILES string of the molecule is CS(=O)(=O)c1ccc(Nc2cc(Br)nc(C3CC3)n2)cc1. The minimum Gasteiger partial charge on any atom is -0.340 e. The summed E-state index contributed by atoms with van der Waals surface area (Å²) >= 11 is 3.39. The van der Waals surface area contributed by atoms with E-state index in [1.807, 2.05) is 0 Å². The van der Waals surface area contributed by atoms with E-state index in [1.54, 1.807) is 30.3 Å².